The quantitative estimate of drug-likeness (QED) is 0.946. The van der Waals surface area contributed by atoms with E-state index < -0.39 is 0 Å². The number of carbonyl (C=O) groups excluding carboxylic acids is 1. The van der Waals surface area contributed by atoms with Gasteiger partial charge < -0.3 is 14.6 Å². The number of benzene rings is 1. The molecule has 0 saturated carbocycles. The number of aromatic nitrogens is 2. The van der Waals surface area contributed by atoms with Gasteiger partial charge in [-0.1, -0.05) is 11.6 Å². The van der Waals surface area contributed by atoms with Gasteiger partial charge in [0, 0.05) is 42.4 Å². The summed E-state index contributed by atoms with van der Waals surface area (Å²) in [7, 11) is 1.56. The summed E-state index contributed by atoms with van der Waals surface area (Å²) in [6.07, 6.45) is 5.20. The molecule has 1 N–H and O–H groups in total. The summed E-state index contributed by atoms with van der Waals surface area (Å²) in [6.45, 7) is 2.72. The molecule has 3 rings (SSSR count). The first-order valence-electron chi connectivity index (χ1n) is 7.23. The van der Waals surface area contributed by atoms with Gasteiger partial charge in [-0.25, -0.2) is 4.98 Å². The number of hydrogen-bond acceptors (Lipinski definition) is 3. The Morgan fingerprint density at radius 3 is 3.09 bits per heavy atom. The molecular formula is C16H18ClN3O2. The predicted molar refractivity (Wildman–Crippen MR) is 85.4 cm³/mol. The van der Waals surface area contributed by atoms with E-state index in [0.29, 0.717) is 22.9 Å². The first kappa shape index (κ1) is 14.9. The maximum atomic E-state index is 12.5. The number of amides is 1. The zero-order valence-corrected chi connectivity index (χ0v) is 13.4. The largest absolute Gasteiger partial charge is 0.495 e. The molecule has 0 saturated heterocycles. The number of fused-ring (bicyclic) bond motifs is 1. The monoisotopic (exact) mass is 319 g/mol. The van der Waals surface area contributed by atoms with Gasteiger partial charge in [0.25, 0.3) is 0 Å². The van der Waals surface area contributed by atoms with Gasteiger partial charge >= 0.3 is 0 Å². The third-order valence-electron chi connectivity index (χ3n) is 4.06. The Hall–Kier alpha value is -2.01. The fourth-order valence-corrected chi connectivity index (χ4v) is 2.89. The number of hydrogen-bond donors (Lipinski definition) is 1. The summed E-state index contributed by atoms with van der Waals surface area (Å²) < 4.78 is 7.39. The van der Waals surface area contributed by atoms with Crippen LogP contribution in [0.1, 0.15) is 17.8 Å². The van der Waals surface area contributed by atoms with Crippen LogP contribution in [-0.4, -0.2) is 22.6 Å². The number of aryl methyl sites for hydroxylation is 2. The zero-order chi connectivity index (χ0) is 15.7. The molecule has 22 heavy (non-hydrogen) atoms. The first-order valence-corrected chi connectivity index (χ1v) is 7.61. The van der Waals surface area contributed by atoms with Crippen LogP contribution in [-0.2, 0) is 17.8 Å². The molecule has 1 amide bonds. The topological polar surface area (TPSA) is 56.1 Å². The van der Waals surface area contributed by atoms with Crippen molar-refractivity contribution in [3.8, 4) is 5.75 Å². The molecule has 116 valence electrons. The minimum atomic E-state index is -0.0735. The molecule has 5 nitrogen and oxygen atoms in total. The van der Waals surface area contributed by atoms with Gasteiger partial charge in [0.15, 0.2) is 0 Å². The Morgan fingerprint density at radius 1 is 1.50 bits per heavy atom. The van der Waals surface area contributed by atoms with Crippen molar-refractivity contribution in [2.75, 3.05) is 12.4 Å². The number of anilines is 1. The fraction of sp³-hybridized carbons (Fsp3) is 0.375. The minimum Gasteiger partial charge on any atom is -0.495 e. The van der Waals surface area contributed by atoms with Crippen LogP contribution in [0.15, 0.2) is 24.5 Å². The highest BCUT2D eigenvalue weighted by molar-refractivity contribution is 6.31. The predicted octanol–water partition coefficient (Wildman–Crippen LogP) is 3.05. The Bertz CT molecular complexity index is 711. The maximum Gasteiger partial charge on any atom is 0.228 e. The van der Waals surface area contributed by atoms with Crippen LogP contribution in [0.5, 0.6) is 5.75 Å². The standard InChI is InChI=1S/C16H18ClN3O2/c1-10-7-13(14(22-2)9-12(10)17)19-16(21)11-3-5-20-6-4-18-15(20)8-11/h4,6-7,9,11H,3,5,8H2,1-2H3,(H,19,21). The Balaban J connectivity index is 1.76. The number of ether oxygens (including phenoxy) is 1. The number of carbonyl (C=O) groups is 1. The third kappa shape index (κ3) is 2.81. The molecular weight excluding hydrogens is 302 g/mol. The van der Waals surface area contributed by atoms with Gasteiger partial charge in [-0.2, -0.15) is 0 Å². The van der Waals surface area contributed by atoms with E-state index >= 15 is 0 Å². The lowest BCUT2D eigenvalue weighted by molar-refractivity contribution is -0.120. The van der Waals surface area contributed by atoms with Crippen LogP contribution in [0.4, 0.5) is 5.69 Å². The second-order valence-corrected chi connectivity index (χ2v) is 5.92. The van der Waals surface area contributed by atoms with Gasteiger partial charge in [-0.3, -0.25) is 4.79 Å². The van der Waals surface area contributed by atoms with Gasteiger partial charge in [0.05, 0.1) is 12.8 Å². The van der Waals surface area contributed by atoms with Gasteiger partial charge in [-0.05, 0) is 25.0 Å². The number of imidazole rings is 1. The van der Waals surface area contributed by atoms with E-state index in [1.807, 2.05) is 19.2 Å². The smallest absolute Gasteiger partial charge is 0.228 e. The lowest BCUT2D eigenvalue weighted by Gasteiger charge is -2.23. The molecule has 0 radical (unpaired) electrons. The summed E-state index contributed by atoms with van der Waals surface area (Å²) in [5.41, 5.74) is 1.56. The summed E-state index contributed by atoms with van der Waals surface area (Å²) in [5.74, 6) is 1.46. The fourth-order valence-electron chi connectivity index (χ4n) is 2.74. The molecule has 1 atom stereocenters. The average molecular weight is 320 g/mol. The van der Waals surface area contributed by atoms with Crippen LogP contribution >= 0.6 is 11.6 Å². The summed E-state index contributed by atoms with van der Waals surface area (Å²) in [5, 5.41) is 3.58. The van der Waals surface area contributed by atoms with Crippen molar-refractivity contribution in [2.24, 2.45) is 5.92 Å². The summed E-state index contributed by atoms with van der Waals surface area (Å²) in [6, 6.07) is 3.56. The molecule has 0 aliphatic carbocycles. The molecule has 6 heteroatoms. The van der Waals surface area contributed by atoms with Gasteiger partial charge in [-0.15, -0.1) is 0 Å². The van der Waals surface area contributed by atoms with Crippen molar-refractivity contribution < 1.29 is 9.53 Å². The highest BCUT2D eigenvalue weighted by atomic mass is 35.5. The van der Waals surface area contributed by atoms with Crippen molar-refractivity contribution in [2.45, 2.75) is 26.3 Å². The Labute approximate surface area is 134 Å². The number of rotatable bonds is 3. The van der Waals surface area contributed by atoms with Crippen LogP contribution in [0, 0.1) is 12.8 Å². The summed E-state index contributed by atoms with van der Waals surface area (Å²) >= 11 is 6.09. The normalized spacial score (nSPS) is 17.0. The minimum absolute atomic E-state index is 0.00530. The van der Waals surface area contributed by atoms with E-state index in [1.165, 1.54) is 0 Å². The third-order valence-corrected chi connectivity index (χ3v) is 4.47. The molecule has 1 aromatic carbocycles. The van der Waals surface area contributed by atoms with E-state index in [1.54, 1.807) is 19.4 Å². The van der Waals surface area contributed by atoms with Gasteiger partial charge in [0.2, 0.25) is 5.91 Å². The molecule has 0 bridgehead atoms. The number of halogens is 1. The molecule has 1 unspecified atom stereocenters. The zero-order valence-electron chi connectivity index (χ0n) is 12.6. The SMILES string of the molecule is COc1cc(Cl)c(C)cc1NC(=O)C1CCn2ccnc2C1. The van der Waals surface area contributed by atoms with Crippen molar-refractivity contribution in [1.82, 2.24) is 9.55 Å². The molecule has 2 heterocycles. The van der Waals surface area contributed by atoms with Crippen LogP contribution in [0.2, 0.25) is 5.02 Å². The molecule has 2 aromatic rings. The van der Waals surface area contributed by atoms with E-state index in [9.17, 15) is 4.79 Å². The first-order chi connectivity index (χ1) is 10.6. The van der Waals surface area contributed by atoms with E-state index in [0.717, 1.165) is 24.4 Å². The lowest BCUT2D eigenvalue weighted by atomic mass is 9.96. The molecule has 1 aliphatic rings. The molecule has 1 aliphatic heterocycles. The van der Waals surface area contributed by atoms with Crippen LogP contribution < -0.4 is 10.1 Å². The highest BCUT2D eigenvalue weighted by Gasteiger charge is 2.26. The second kappa shape index (κ2) is 6.01. The van der Waals surface area contributed by atoms with Crippen LogP contribution in [0.25, 0.3) is 0 Å². The number of nitrogens with zero attached hydrogens (tertiary/aromatic N) is 2. The summed E-state index contributed by atoms with van der Waals surface area (Å²) in [4.78, 5) is 16.8. The van der Waals surface area contributed by atoms with Crippen molar-refractivity contribution in [3.05, 3.63) is 40.9 Å². The number of nitrogens with one attached hydrogen (secondary N) is 1. The van der Waals surface area contributed by atoms with Gasteiger partial charge in [0.1, 0.15) is 11.6 Å². The Kier molecular flexibility index (Phi) is 4.07. The lowest BCUT2D eigenvalue weighted by Crippen LogP contribution is -2.30. The van der Waals surface area contributed by atoms with Crippen LogP contribution in [0.3, 0.4) is 0 Å². The van der Waals surface area contributed by atoms with E-state index in [4.69, 9.17) is 16.3 Å². The van der Waals surface area contributed by atoms with E-state index in [-0.39, 0.29) is 11.8 Å². The molecule has 1 aromatic heterocycles. The Morgan fingerprint density at radius 2 is 2.32 bits per heavy atom. The van der Waals surface area contributed by atoms with Crippen molar-refractivity contribution >= 4 is 23.2 Å². The van der Waals surface area contributed by atoms with Crippen molar-refractivity contribution in [1.29, 1.82) is 0 Å². The molecule has 0 spiro atoms. The molecule has 0 fully saturated rings. The second-order valence-electron chi connectivity index (χ2n) is 5.52. The van der Waals surface area contributed by atoms with Crippen molar-refractivity contribution in [3.63, 3.8) is 0 Å². The average Bonchev–Trinajstić information content (AvgIpc) is 2.98. The maximum absolute atomic E-state index is 12.5. The number of methoxy groups -OCH3 is 1. The highest BCUT2D eigenvalue weighted by Crippen LogP contribution is 2.32. The van der Waals surface area contributed by atoms with E-state index in [2.05, 4.69) is 14.9 Å².